The molecule has 0 saturated heterocycles. The van der Waals surface area contributed by atoms with Crippen molar-refractivity contribution >= 4 is 5.78 Å². The number of methoxy groups -OCH3 is 1. The topological polar surface area (TPSA) is 26.3 Å². The molecule has 0 amide bonds. The van der Waals surface area contributed by atoms with Gasteiger partial charge in [0.2, 0.25) is 0 Å². The third-order valence-electron chi connectivity index (χ3n) is 2.20. The Morgan fingerprint density at radius 3 is 2.06 bits per heavy atom. The second-order valence-corrected chi connectivity index (χ2v) is 4.92. The van der Waals surface area contributed by atoms with Crippen molar-refractivity contribution < 1.29 is 22.7 Å². The lowest BCUT2D eigenvalue weighted by atomic mass is 9.85. The first kappa shape index (κ1) is 15.4. The molecular formula is C11H19F3O2. The van der Waals surface area contributed by atoms with Crippen molar-refractivity contribution in [2.24, 2.45) is 5.41 Å². The third kappa shape index (κ3) is 6.10. The van der Waals surface area contributed by atoms with Crippen molar-refractivity contribution in [3.8, 4) is 0 Å². The summed E-state index contributed by atoms with van der Waals surface area (Å²) in [5.41, 5.74) is -0.385. The van der Waals surface area contributed by atoms with Crippen LogP contribution >= 0.6 is 0 Å². The highest BCUT2D eigenvalue weighted by atomic mass is 19.4. The molecular weight excluding hydrogens is 221 g/mol. The summed E-state index contributed by atoms with van der Waals surface area (Å²) < 4.78 is 40.7. The van der Waals surface area contributed by atoms with Crippen molar-refractivity contribution in [1.82, 2.24) is 0 Å². The number of alkyl halides is 3. The zero-order valence-corrected chi connectivity index (χ0v) is 10.1. The van der Waals surface area contributed by atoms with E-state index >= 15 is 0 Å². The smallest absolute Gasteiger partial charge is 0.373 e. The van der Waals surface area contributed by atoms with Gasteiger partial charge in [0, 0.05) is 20.0 Å². The van der Waals surface area contributed by atoms with Crippen LogP contribution in [0.15, 0.2) is 0 Å². The minimum atomic E-state index is -4.19. The molecule has 0 aromatic carbocycles. The summed E-state index contributed by atoms with van der Waals surface area (Å²) in [7, 11) is 1.40. The Bertz CT molecular complexity index is 228. The fourth-order valence-electron chi connectivity index (χ4n) is 1.56. The molecule has 0 spiro atoms. The van der Waals surface area contributed by atoms with E-state index in [4.69, 9.17) is 4.74 Å². The van der Waals surface area contributed by atoms with Gasteiger partial charge >= 0.3 is 6.18 Å². The number of rotatable bonds is 5. The molecule has 0 saturated carbocycles. The molecule has 0 bridgehead atoms. The van der Waals surface area contributed by atoms with Gasteiger partial charge < -0.3 is 4.74 Å². The first-order chi connectivity index (χ1) is 7.08. The van der Waals surface area contributed by atoms with Gasteiger partial charge in [-0.1, -0.05) is 20.8 Å². The first-order valence-corrected chi connectivity index (χ1v) is 5.20. The van der Waals surface area contributed by atoms with Crippen LogP contribution < -0.4 is 0 Å². The molecule has 0 rings (SSSR count). The Balaban J connectivity index is 4.15. The molecule has 96 valence electrons. The summed E-state index contributed by atoms with van der Waals surface area (Å²) >= 11 is 0. The molecule has 0 radical (unpaired) electrons. The highest BCUT2D eigenvalue weighted by Gasteiger charge is 2.32. The molecule has 2 nitrogen and oxygen atoms in total. The van der Waals surface area contributed by atoms with Gasteiger partial charge in [-0.15, -0.1) is 0 Å². The molecule has 0 aliphatic heterocycles. The van der Waals surface area contributed by atoms with Crippen LogP contribution in [0.1, 0.15) is 40.0 Å². The van der Waals surface area contributed by atoms with Gasteiger partial charge in [-0.05, 0) is 11.8 Å². The normalized spacial score (nSPS) is 14.9. The van der Waals surface area contributed by atoms with Crippen LogP contribution in [0.4, 0.5) is 13.2 Å². The summed E-state index contributed by atoms with van der Waals surface area (Å²) in [5.74, 6) is -0.265. The first-order valence-electron chi connectivity index (χ1n) is 5.20. The Kier molecular flexibility index (Phi) is 5.46. The fraction of sp³-hybridized carbons (Fsp3) is 0.909. The van der Waals surface area contributed by atoms with Crippen molar-refractivity contribution in [2.75, 3.05) is 7.11 Å². The van der Waals surface area contributed by atoms with Crippen LogP contribution in [-0.2, 0) is 9.53 Å². The second kappa shape index (κ2) is 5.66. The Labute approximate surface area is 94.2 Å². The summed E-state index contributed by atoms with van der Waals surface area (Å²) in [4.78, 5) is 11.6. The minimum Gasteiger partial charge on any atom is -0.373 e. The number of ketones is 1. The molecule has 0 fully saturated rings. The van der Waals surface area contributed by atoms with Crippen molar-refractivity contribution in [3.63, 3.8) is 0 Å². The van der Waals surface area contributed by atoms with E-state index in [9.17, 15) is 18.0 Å². The summed E-state index contributed by atoms with van der Waals surface area (Å²) in [5, 5.41) is 0. The minimum absolute atomic E-state index is 0.0880. The number of halogens is 3. The molecule has 0 aromatic heterocycles. The standard InChI is InChI=1S/C11H19F3O2/c1-10(2,3)9(16-4)8(15)6-5-7-11(12,13)14/h9H,5-7H2,1-4H3. The van der Waals surface area contributed by atoms with Gasteiger partial charge in [0.1, 0.15) is 6.10 Å². The van der Waals surface area contributed by atoms with E-state index in [1.807, 2.05) is 20.8 Å². The maximum Gasteiger partial charge on any atom is 0.389 e. The van der Waals surface area contributed by atoms with E-state index in [1.54, 1.807) is 0 Å². The summed E-state index contributed by atoms with van der Waals surface area (Å²) in [6.07, 6.45) is -6.00. The lowest BCUT2D eigenvalue weighted by Gasteiger charge is -2.28. The average Bonchev–Trinajstić information content (AvgIpc) is 1.99. The number of ether oxygens (including phenoxy) is 1. The predicted octanol–water partition coefficient (Wildman–Crippen LogP) is 3.35. The van der Waals surface area contributed by atoms with E-state index in [1.165, 1.54) is 7.11 Å². The Morgan fingerprint density at radius 2 is 1.75 bits per heavy atom. The van der Waals surface area contributed by atoms with Gasteiger partial charge in [0.05, 0.1) is 0 Å². The van der Waals surface area contributed by atoms with E-state index in [-0.39, 0.29) is 24.0 Å². The van der Waals surface area contributed by atoms with E-state index in [2.05, 4.69) is 0 Å². The monoisotopic (exact) mass is 240 g/mol. The molecule has 0 aliphatic rings. The van der Waals surface area contributed by atoms with Crippen LogP contribution in [0.5, 0.6) is 0 Å². The molecule has 0 heterocycles. The van der Waals surface area contributed by atoms with Gasteiger partial charge in [-0.2, -0.15) is 13.2 Å². The van der Waals surface area contributed by atoms with Crippen molar-refractivity contribution in [1.29, 1.82) is 0 Å². The maximum absolute atomic E-state index is 11.9. The highest BCUT2D eigenvalue weighted by Crippen LogP contribution is 2.26. The Hall–Kier alpha value is -0.580. The molecule has 16 heavy (non-hydrogen) atoms. The number of carbonyl (C=O) groups excluding carboxylic acids is 1. The zero-order valence-electron chi connectivity index (χ0n) is 10.1. The van der Waals surface area contributed by atoms with Crippen LogP contribution in [0.25, 0.3) is 0 Å². The van der Waals surface area contributed by atoms with Crippen LogP contribution in [-0.4, -0.2) is 25.2 Å². The molecule has 5 heteroatoms. The highest BCUT2D eigenvalue weighted by molar-refractivity contribution is 5.83. The lowest BCUT2D eigenvalue weighted by molar-refractivity contribution is -0.141. The lowest BCUT2D eigenvalue weighted by Crippen LogP contribution is -2.36. The molecule has 0 N–H and O–H groups in total. The molecule has 1 unspecified atom stereocenters. The number of carbonyl (C=O) groups is 1. The number of Topliss-reactive ketones (excluding diaryl/α,β-unsaturated/α-hetero) is 1. The van der Waals surface area contributed by atoms with E-state index in [0.29, 0.717) is 0 Å². The number of hydrogen-bond donors (Lipinski definition) is 0. The number of hydrogen-bond acceptors (Lipinski definition) is 2. The fourth-order valence-corrected chi connectivity index (χ4v) is 1.56. The SMILES string of the molecule is COC(C(=O)CCCC(F)(F)F)C(C)(C)C. The van der Waals surface area contributed by atoms with E-state index < -0.39 is 18.7 Å². The Morgan fingerprint density at radius 1 is 1.25 bits per heavy atom. The van der Waals surface area contributed by atoms with Gasteiger partial charge in [0.25, 0.3) is 0 Å². The predicted molar refractivity (Wildman–Crippen MR) is 55.2 cm³/mol. The van der Waals surface area contributed by atoms with Crippen LogP contribution in [0.3, 0.4) is 0 Å². The van der Waals surface area contributed by atoms with Crippen molar-refractivity contribution in [3.05, 3.63) is 0 Å². The largest absolute Gasteiger partial charge is 0.389 e. The summed E-state index contributed by atoms with van der Waals surface area (Å²) in [6.45, 7) is 5.47. The van der Waals surface area contributed by atoms with E-state index in [0.717, 1.165) is 0 Å². The third-order valence-corrected chi connectivity index (χ3v) is 2.20. The average molecular weight is 240 g/mol. The second-order valence-electron chi connectivity index (χ2n) is 4.92. The molecule has 1 atom stereocenters. The molecule has 0 aliphatic carbocycles. The van der Waals surface area contributed by atoms with Gasteiger partial charge in [0.15, 0.2) is 5.78 Å². The maximum atomic E-state index is 11.9. The van der Waals surface area contributed by atoms with Gasteiger partial charge in [-0.3, -0.25) is 4.79 Å². The summed E-state index contributed by atoms with van der Waals surface area (Å²) in [6, 6.07) is 0. The zero-order chi connectivity index (χ0) is 13.0. The van der Waals surface area contributed by atoms with Crippen LogP contribution in [0, 0.1) is 5.41 Å². The van der Waals surface area contributed by atoms with Crippen molar-refractivity contribution in [2.45, 2.75) is 52.3 Å². The molecule has 0 aromatic rings. The van der Waals surface area contributed by atoms with Crippen LogP contribution in [0.2, 0.25) is 0 Å². The van der Waals surface area contributed by atoms with Gasteiger partial charge in [-0.25, -0.2) is 0 Å². The quantitative estimate of drug-likeness (QED) is 0.736.